The topological polar surface area (TPSA) is 26.3 Å². The Morgan fingerprint density at radius 3 is 3.00 bits per heavy atom. The molecule has 2 aliphatic carbocycles. The molecular weight excluding hydrogens is 272 g/mol. The van der Waals surface area contributed by atoms with Crippen molar-refractivity contribution in [2.24, 2.45) is 17.8 Å². The maximum atomic E-state index is 11.5. The van der Waals surface area contributed by atoms with Gasteiger partial charge in [-0.25, -0.2) is 0 Å². The predicted octanol–water partition coefficient (Wildman–Crippen LogP) is 3.71. The highest BCUT2D eigenvalue weighted by Gasteiger charge is 2.41. The zero-order valence-corrected chi connectivity index (χ0v) is 13.0. The van der Waals surface area contributed by atoms with Gasteiger partial charge in [-0.1, -0.05) is 24.3 Å². The minimum atomic E-state index is -0.130. The summed E-state index contributed by atoms with van der Waals surface area (Å²) in [4.78, 5) is 11.5. The van der Waals surface area contributed by atoms with Crippen LogP contribution in [0, 0.1) is 31.3 Å². The molecule has 2 nitrogen and oxygen atoms in total. The van der Waals surface area contributed by atoms with Crippen molar-refractivity contribution >= 4 is 5.97 Å². The van der Waals surface area contributed by atoms with E-state index in [2.05, 4.69) is 31.2 Å². The van der Waals surface area contributed by atoms with Gasteiger partial charge in [-0.05, 0) is 53.9 Å². The quantitative estimate of drug-likeness (QED) is 0.482. The van der Waals surface area contributed by atoms with Crippen LogP contribution in [0.25, 0.3) is 0 Å². The van der Waals surface area contributed by atoms with E-state index in [0.717, 1.165) is 29.4 Å². The lowest BCUT2D eigenvalue weighted by Gasteiger charge is -2.21. The molecule has 0 saturated heterocycles. The minimum absolute atomic E-state index is 0.130. The first-order chi connectivity index (χ1) is 10.6. The van der Waals surface area contributed by atoms with Gasteiger partial charge in [0.2, 0.25) is 6.58 Å². The molecule has 1 saturated carbocycles. The van der Waals surface area contributed by atoms with Gasteiger partial charge in [0.25, 0.3) is 0 Å². The van der Waals surface area contributed by atoms with Gasteiger partial charge in [0.1, 0.15) is 6.61 Å². The zero-order chi connectivity index (χ0) is 15.3. The molecule has 0 bridgehead atoms. The number of fused-ring (bicyclic) bond motifs is 2. The van der Waals surface area contributed by atoms with Crippen molar-refractivity contribution in [1.82, 2.24) is 0 Å². The second-order valence-corrected chi connectivity index (χ2v) is 6.97. The molecule has 1 aromatic carbocycles. The summed E-state index contributed by atoms with van der Waals surface area (Å²) < 4.78 is 5.25. The maximum Gasteiger partial charge on any atom is 0.310 e. The van der Waals surface area contributed by atoms with Gasteiger partial charge in [-0.15, -0.1) is 0 Å². The highest BCUT2D eigenvalue weighted by Crippen LogP contribution is 2.49. The molecule has 1 fully saturated rings. The Balaban J connectivity index is 1.58. The summed E-state index contributed by atoms with van der Waals surface area (Å²) >= 11 is 0. The van der Waals surface area contributed by atoms with Gasteiger partial charge < -0.3 is 4.74 Å². The van der Waals surface area contributed by atoms with Crippen LogP contribution in [-0.2, 0) is 29.0 Å². The predicted molar refractivity (Wildman–Crippen MR) is 85.0 cm³/mol. The van der Waals surface area contributed by atoms with Gasteiger partial charge in [-0.2, -0.15) is 0 Å². The molecule has 112 valence electrons. The summed E-state index contributed by atoms with van der Waals surface area (Å²) in [5, 5.41) is 0. The first-order valence-corrected chi connectivity index (χ1v) is 8.17. The van der Waals surface area contributed by atoms with E-state index in [-0.39, 0.29) is 5.97 Å². The first kappa shape index (κ1) is 13.7. The third-order valence-electron chi connectivity index (χ3n) is 5.46. The molecule has 0 N–H and O–H groups in total. The second kappa shape index (κ2) is 5.07. The summed E-state index contributed by atoms with van der Waals surface area (Å²) in [6.45, 7) is 8.96. The molecule has 0 aromatic heterocycles. The minimum Gasteiger partial charge on any atom is -0.461 e. The summed E-state index contributed by atoms with van der Waals surface area (Å²) in [5.41, 5.74) is 5.82. The van der Waals surface area contributed by atoms with Crippen LogP contribution in [0.3, 0.4) is 0 Å². The molecule has 2 heteroatoms. The third-order valence-corrected chi connectivity index (χ3v) is 5.46. The number of ether oxygens (including phenoxy) is 1. The van der Waals surface area contributed by atoms with Gasteiger partial charge in [0.05, 0.1) is 6.42 Å². The summed E-state index contributed by atoms with van der Waals surface area (Å²) in [6.07, 6.45) is 8.37. The number of aryl methyl sites for hydroxylation is 1. The standard InChI is InChI=1S/C20H21O2/c1-12-3-4-16-10-20(21)22-11-19(16)18(12)7-13(2)14-5-6-15-9-17(15)8-14/h2-6,14-15,17H,7-11H2,1H3/q+1. The Kier molecular flexibility index (Phi) is 3.16. The van der Waals surface area contributed by atoms with Crippen molar-refractivity contribution in [2.45, 2.75) is 39.2 Å². The van der Waals surface area contributed by atoms with E-state index in [4.69, 9.17) is 11.3 Å². The van der Waals surface area contributed by atoms with Gasteiger partial charge in [-0.3, -0.25) is 4.79 Å². The zero-order valence-electron chi connectivity index (χ0n) is 13.0. The number of hydrogen-bond acceptors (Lipinski definition) is 2. The summed E-state index contributed by atoms with van der Waals surface area (Å²) in [5.74, 6) is 1.97. The van der Waals surface area contributed by atoms with E-state index in [1.165, 1.54) is 29.5 Å². The van der Waals surface area contributed by atoms with Crippen LogP contribution in [0.1, 0.15) is 35.1 Å². The van der Waals surface area contributed by atoms with E-state index in [9.17, 15) is 4.79 Å². The van der Waals surface area contributed by atoms with Crippen LogP contribution in [0.2, 0.25) is 0 Å². The number of hydrogen-bond donors (Lipinski definition) is 0. The smallest absolute Gasteiger partial charge is 0.310 e. The summed E-state index contributed by atoms with van der Waals surface area (Å²) in [6, 6.07) is 4.16. The van der Waals surface area contributed by atoms with E-state index in [1.54, 1.807) is 0 Å². The molecule has 1 heterocycles. The fourth-order valence-electron chi connectivity index (χ4n) is 3.88. The Labute approximate surface area is 131 Å². The van der Waals surface area contributed by atoms with Crippen molar-refractivity contribution in [3.8, 4) is 0 Å². The molecule has 3 unspecified atom stereocenters. The molecular formula is C20H21O2+. The lowest BCUT2D eigenvalue weighted by Crippen LogP contribution is -2.19. The molecule has 1 aliphatic heterocycles. The number of cyclic esters (lactones) is 1. The van der Waals surface area contributed by atoms with Gasteiger partial charge >= 0.3 is 5.97 Å². The lowest BCUT2D eigenvalue weighted by atomic mass is 9.83. The average Bonchev–Trinajstić information content (AvgIpc) is 3.28. The Morgan fingerprint density at radius 2 is 2.18 bits per heavy atom. The molecule has 4 rings (SSSR count). The van der Waals surface area contributed by atoms with E-state index in [0.29, 0.717) is 18.9 Å². The molecule has 3 aliphatic rings. The number of allylic oxidation sites excluding steroid dienone is 3. The molecule has 1 aromatic rings. The first-order valence-electron chi connectivity index (χ1n) is 8.17. The molecule has 0 amide bonds. The van der Waals surface area contributed by atoms with Gasteiger partial charge in [0.15, 0.2) is 5.57 Å². The maximum absolute atomic E-state index is 11.5. The highest BCUT2D eigenvalue weighted by molar-refractivity contribution is 5.75. The summed E-state index contributed by atoms with van der Waals surface area (Å²) in [7, 11) is 0. The molecule has 0 radical (unpaired) electrons. The van der Waals surface area contributed by atoms with Crippen LogP contribution in [0.15, 0.2) is 29.9 Å². The highest BCUT2D eigenvalue weighted by atomic mass is 16.5. The number of esters is 1. The number of rotatable bonds is 3. The van der Waals surface area contributed by atoms with Gasteiger partial charge in [0, 0.05) is 12.3 Å². The van der Waals surface area contributed by atoms with Crippen LogP contribution in [0.5, 0.6) is 0 Å². The van der Waals surface area contributed by atoms with Crippen molar-refractivity contribution in [3.63, 3.8) is 0 Å². The van der Waals surface area contributed by atoms with Crippen LogP contribution >= 0.6 is 0 Å². The Hall–Kier alpha value is -1.92. The van der Waals surface area contributed by atoms with Crippen molar-refractivity contribution < 1.29 is 9.53 Å². The van der Waals surface area contributed by atoms with Crippen LogP contribution in [0.4, 0.5) is 0 Å². The fourth-order valence-corrected chi connectivity index (χ4v) is 3.88. The van der Waals surface area contributed by atoms with Crippen LogP contribution < -0.4 is 0 Å². The van der Waals surface area contributed by atoms with Crippen molar-refractivity contribution in [3.05, 3.63) is 58.7 Å². The fraction of sp³-hybridized carbons (Fsp3) is 0.450. The van der Waals surface area contributed by atoms with E-state index in [1.807, 2.05) is 0 Å². The molecule has 3 atom stereocenters. The third kappa shape index (κ3) is 2.38. The van der Waals surface area contributed by atoms with E-state index >= 15 is 0 Å². The largest absolute Gasteiger partial charge is 0.461 e. The lowest BCUT2D eigenvalue weighted by molar-refractivity contribution is -0.145. The number of carbonyl (C=O) groups is 1. The number of benzene rings is 1. The monoisotopic (exact) mass is 293 g/mol. The number of carbonyl (C=O) groups excluding carboxylic acids is 1. The Morgan fingerprint density at radius 1 is 1.32 bits per heavy atom. The Bertz CT molecular complexity index is 683. The second-order valence-electron chi connectivity index (χ2n) is 6.97. The average molecular weight is 293 g/mol. The van der Waals surface area contributed by atoms with Crippen LogP contribution in [-0.4, -0.2) is 5.97 Å². The SMILES string of the molecule is [CH+]=C(Cc1c(C)ccc2c1COC(=O)C2)C1C=CC2CC2C1. The normalized spacial score (nSPS) is 28.5. The van der Waals surface area contributed by atoms with E-state index < -0.39 is 0 Å². The van der Waals surface area contributed by atoms with Crippen molar-refractivity contribution in [2.75, 3.05) is 0 Å². The molecule has 0 spiro atoms. The molecule has 22 heavy (non-hydrogen) atoms. The van der Waals surface area contributed by atoms with Crippen molar-refractivity contribution in [1.29, 1.82) is 0 Å².